The molecule has 2 aromatic carbocycles. The summed E-state index contributed by atoms with van der Waals surface area (Å²) in [6, 6.07) is 10.2. The van der Waals surface area contributed by atoms with Gasteiger partial charge in [-0.1, -0.05) is 52.3 Å². The summed E-state index contributed by atoms with van der Waals surface area (Å²) in [6.45, 7) is 8.41. The van der Waals surface area contributed by atoms with Crippen molar-refractivity contribution in [3.63, 3.8) is 0 Å². The van der Waals surface area contributed by atoms with Crippen LogP contribution in [-0.2, 0) is 4.79 Å². The van der Waals surface area contributed by atoms with Gasteiger partial charge in [0.05, 0.1) is 5.36 Å². The summed E-state index contributed by atoms with van der Waals surface area (Å²) in [5.74, 6) is 0.759. The predicted octanol–water partition coefficient (Wildman–Crippen LogP) is 3.66. The average Bonchev–Trinajstić information content (AvgIpc) is 2.65. The molecule has 2 aliphatic rings. The van der Waals surface area contributed by atoms with Gasteiger partial charge in [0.1, 0.15) is 5.70 Å². The van der Waals surface area contributed by atoms with Crippen LogP contribution in [0.5, 0.6) is 0 Å². The molecule has 0 aliphatic carbocycles. The summed E-state index contributed by atoms with van der Waals surface area (Å²) in [5.41, 5.74) is 5.16. The molecule has 0 fully saturated rings. The molecule has 0 spiro atoms. The molecule has 0 bridgehead atoms. The number of amides is 1. The lowest BCUT2D eigenvalue weighted by atomic mass is 9.96. The third-order valence-electron chi connectivity index (χ3n) is 5.01. The van der Waals surface area contributed by atoms with Gasteiger partial charge >= 0.3 is 0 Å². The number of carbonyl (C=O) groups is 1. The number of halogens is 1. The van der Waals surface area contributed by atoms with Gasteiger partial charge in [-0.05, 0) is 56.5 Å². The van der Waals surface area contributed by atoms with Crippen molar-refractivity contribution in [1.29, 1.82) is 0 Å². The molecule has 0 radical (unpaired) electrons. The van der Waals surface area contributed by atoms with Gasteiger partial charge in [0.15, 0.2) is 11.3 Å². The predicted molar refractivity (Wildman–Crippen MR) is 122 cm³/mol. The molecule has 1 unspecified atom stereocenters. The molecule has 7 heteroatoms. The van der Waals surface area contributed by atoms with Crippen molar-refractivity contribution < 1.29 is 4.79 Å². The fourth-order valence-electron chi connectivity index (χ4n) is 3.90. The standard InChI is InChI=1S/C22H23BrN4OS/c1-5-8-29-22-25-21(28)19-16-11-15(23)6-7-17(16)24-20(27(19)26-22)18-13(3)9-12(2)10-14(18)4/h6-7,9-11,20H,5,8H2,1-4H3,(H,25,26,28). The SMILES string of the molecule is CCCSC1=NN2C(=c3cc(Br)ccc3=NC2c2c(C)cc(C)cc2C)C(=O)N1. The molecule has 2 aromatic rings. The van der Waals surface area contributed by atoms with E-state index in [4.69, 9.17) is 10.1 Å². The van der Waals surface area contributed by atoms with Crippen LogP contribution in [0, 0.1) is 20.8 Å². The number of nitrogens with one attached hydrogen (secondary N) is 1. The Morgan fingerprint density at radius 2 is 1.90 bits per heavy atom. The Bertz CT molecular complexity index is 1130. The molecular weight excluding hydrogens is 448 g/mol. The number of hydrogen-bond donors (Lipinski definition) is 1. The minimum absolute atomic E-state index is 0.139. The Hall–Kier alpha value is -2.12. The molecular formula is C22H23BrN4OS. The normalized spacial score (nSPS) is 17.9. The molecule has 29 heavy (non-hydrogen) atoms. The van der Waals surface area contributed by atoms with E-state index in [1.165, 1.54) is 5.56 Å². The Morgan fingerprint density at radius 3 is 2.59 bits per heavy atom. The largest absolute Gasteiger partial charge is 0.298 e. The molecule has 0 saturated heterocycles. The summed E-state index contributed by atoms with van der Waals surface area (Å²) in [5, 5.41) is 11.8. The zero-order valence-corrected chi connectivity index (χ0v) is 19.3. The first-order valence-electron chi connectivity index (χ1n) is 9.66. The van der Waals surface area contributed by atoms with Gasteiger partial charge in [0.25, 0.3) is 5.91 Å². The Labute approximate surface area is 183 Å². The van der Waals surface area contributed by atoms with Crippen LogP contribution < -0.4 is 15.9 Å². The van der Waals surface area contributed by atoms with E-state index >= 15 is 0 Å². The van der Waals surface area contributed by atoms with E-state index in [1.807, 2.05) is 18.2 Å². The average molecular weight is 471 g/mol. The summed E-state index contributed by atoms with van der Waals surface area (Å²) in [4.78, 5) is 18.2. The van der Waals surface area contributed by atoms with Gasteiger partial charge in [-0.15, -0.1) is 5.10 Å². The van der Waals surface area contributed by atoms with Crippen molar-refractivity contribution in [3.05, 3.63) is 67.6 Å². The molecule has 1 atom stereocenters. The zero-order valence-electron chi connectivity index (χ0n) is 16.9. The Morgan fingerprint density at radius 1 is 1.17 bits per heavy atom. The summed E-state index contributed by atoms with van der Waals surface area (Å²) < 4.78 is 0.906. The quantitative estimate of drug-likeness (QED) is 0.744. The van der Waals surface area contributed by atoms with Crippen molar-refractivity contribution in [2.45, 2.75) is 40.3 Å². The molecule has 1 amide bonds. The second-order valence-electron chi connectivity index (χ2n) is 7.38. The lowest BCUT2D eigenvalue weighted by molar-refractivity contribution is -0.116. The molecule has 4 rings (SSSR count). The van der Waals surface area contributed by atoms with E-state index in [1.54, 1.807) is 16.8 Å². The molecule has 1 N–H and O–H groups in total. The van der Waals surface area contributed by atoms with E-state index < -0.39 is 0 Å². The second kappa shape index (κ2) is 7.95. The van der Waals surface area contributed by atoms with Crippen LogP contribution in [0.25, 0.3) is 5.70 Å². The van der Waals surface area contributed by atoms with Crippen molar-refractivity contribution in [2.24, 2.45) is 10.1 Å². The van der Waals surface area contributed by atoms with Gasteiger partial charge in [0.2, 0.25) is 0 Å². The number of benzene rings is 2. The first kappa shape index (κ1) is 20.2. The number of aryl methyl sites for hydroxylation is 3. The van der Waals surface area contributed by atoms with Crippen LogP contribution in [-0.4, -0.2) is 21.8 Å². The third-order valence-corrected chi connectivity index (χ3v) is 6.57. The van der Waals surface area contributed by atoms with Crippen LogP contribution in [0.4, 0.5) is 0 Å². The number of carbonyl (C=O) groups excluding carboxylic acids is 1. The number of fused-ring (bicyclic) bond motifs is 2. The van der Waals surface area contributed by atoms with Crippen LogP contribution in [0.2, 0.25) is 0 Å². The Kier molecular flexibility index (Phi) is 5.53. The maximum Gasteiger partial charge on any atom is 0.276 e. The van der Waals surface area contributed by atoms with Gasteiger partial charge in [-0.2, -0.15) is 0 Å². The fourth-order valence-corrected chi connectivity index (χ4v) is 4.97. The minimum Gasteiger partial charge on any atom is -0.298 e. The maximum absolute atomic E-state index is 13.1. The van der Waals surface area contributed by atoms with E-state index in [0.29, 0.717) is 10.9 Å². The molecule has 150 valence electrons. The number of rotatable bonds is 3. The summed E-state index contributed by atoms with van der Waals surface area (Å²) in [6.07, 6.45) is 0.637. The van der Waals surface area contributed by atoms with E-state index in [9.17, 15) is 4.79 Å². The van der Waals surface area contributed by atoms with Crippen molar-refractivity contribution >= 4 is 44.5 Å². The number of hydrazone groups is 1. The monoisotopic (exact) mass is 470 g/mol. The molecule has 0 aromatic heterocycles. The van der Waals surface area contributed by atoms with E-state index in [-0.39, 0.29) is 12.1 Å². The first-order valence-corrected chi connectivity index (χ1v) is 11.4. The van der Waals surface area contributed by atoms with Gasteiger partial charge in [-0.25, -0.2) is 5.01 Å². The highest BCUT2D eigenvalue weighted by atomic mass is 79.9. The highest BCUT2D eigenvalue weighted by Crippen LogP contribution is 2.34. The third kappa shape index (κ3) is 3.73. The van der Waals surface area contributed by atoms with E-state index in [2.05, 4.69) is 61.1 Å². The zero-order chi connectivity index (χ0) is 20.7. The Balaban J connectivity index is 1.97. The topological polar surface area (TPSA) is 57.1 Å². The first-order chi connectivity index (χ1) is 13.9. The lowest BCUT2D eigenvalue weighted by Gasteiger charge is -2.35. The number of thioether (sulfide) groups is 1. The fraction of sp³-hybridized carbons (Fsp3) is 0.318. The molecule has 5 nitrogen and oxygen atoms in total. The van der Waals surface area contributed by atoms with Gasteiger partial charge in [0, 0.05) is 21.0 Å². The minimum atomic E-state index is -0.373. The number of nitrogens with zero attached hydrogens (tertiary/aromatic N) is 3. The number of hydrogen-bond acceptors (Lipinski definition) is 5. The highest BCUT2D eigenvalue weighted by molar-refractivity contribution is 9.10. The van der Waals surface area contributed by atoms with Crippen LogP contribution in [0.1, 0.15) is 41.8 Å². The smallest absolute Gasteiger partial charge is 0.276 e. The molecule has 0 saturated carbocycles. The second-order valence-corrected chi connectivity index (χ2v) is 9.38. The van der Waals surface area contributed by atoms with Crippen LogP contribution >= 0.6 is 27.7 Å². The lowest BCUT2D eigenvalue weighted by Crippen LogP contribution is -2.50. The van der Waals surface area contributed by atoms with Gasteiger partial charge < -0.3 is 0 Å². The maximum atomic E-state index is 13.1. The van der Waals surface area contributed by atoms with Crippen molar-refractivity contribution in [3.8, 4) is 0 Å². The number of amidine groups is 1. The molecule has 2 heterocycles. The summed E-state index contributed by atoms with van der Waals surface area (Å²) >= 11 is 5.08. The van der Waals surface area contributed by atoms with Gasteiger partial charge in [-0.3, -0.25) is 15.1 Å². The van der Waals surface area contributed by atoms with Crippen LogP contribution in [0.3, 0.4) is 0 Å². The van der Waals surface area contributed by atoms with Crippen molar-refractivity contribution in [2.75, 3.05) is 5.75 Å². The summed E-state index contributed by atoms with van der Waals surface area (Å²) in [7, 11) is 0. The molecule has 2 aliphatic heterocycles. The van der Waals surface area contributed by atoms with Crippen LogP contribution in [0.15, 0.2) is 44.9 Å². The van der Waals surface area contributed by atoms with Crippen molar-refractivity contribution in [1.82, 2.24) is 10.3 Å². The van der Waals surface area contributed by atoms with E-state index in [0.717, 1.165) is 43.9 Å². The highest BCUT2D eigenvalue weighted by Gasteiger charge is 2.35.